The molecule has 0 bridgehead atoms. The molecule has 2 fully saturated rings. The van der Waals surface area contributed by atoms with Crippen LogP contribution in [0.15, 0.2) is 48.5 Å². The van der Waals surface area contributed by atoms with Crippen molar-refractivity contribution in [2.45, 2.75) is 246 Å². The number of carbonyl (C=O) groups excluding carboxylic acids is 13. The van der Waals surface area contributed by atoms with Gasteiger partial charge in [-0.05, 0) is 123 Å². The van der Waals surface area contributed by atoms with Crippen LogP contribution in [0.2, 0.25) is 0 Å². The lowest BCUT2D eigenvalue weighted by Crippen LogP contribution is -2.63. The number of amides is 13. The van der Waals surface area contributed by atoms with Gasteiger partial charge < -0.3 is 70.3 Å². The number of likely N-dealkylation sites (tertiary alicyclic amines) is 1. The highest BCUT2D eigenvalue weighted by Gasteiger charge is 2.45. The number of aliphatic hydroxyl groups excluding tert-OH is 1. The number of ether oxygens (including phenoxy) is 1. The Morgan fingerprint density at radius 3 is 1.42 bits per heavy atom. The fraction of sp³-hybridized carbons (Fsp3) is 0.691. The molecule has 0 radical (unpaired) electrons. The topological polar surface area (TPSA) is 372 Å². The third kappa shape index (κ3) is 27.8. The number of sulfonamides is 1. The van der Waals surface area contributed by atoms with Gasteiger partial charge in [-0.1, -0.05) is 126 Å². The third-order valence-electron chi connectivity index (χ3n) is 21.1. The SMILES string of the molecule is CC[C@H](C)[C@@H]1NC(=O)[C@H](CC(C)C)N(C)C(=O)CCCN(C)C(=O)C[C@@H](C(=O)N2CCCCC2)NC(=O)[C@H](CC(C)C)N(C)C(=O)[C@H](CC(C)C)N(C)C(=O)[C@H]([C@@H](C)O)NC(=O)[C@H](CC(C)C)N(C)C(=O)[C@H](Cc2ccc(C(=O)NS(C)(=O)=O)c(OC)c2)NC(=O)[C@H](CC(C)C)N(C)C(=O)[C@H](Cc2ccccc2)N(C)C1=O. The standard InChI is InChI=1S/C81H131N13O17S/c1-23-53(12)69-80(107)93(20)65(45-55-31-26-24-27-32-55)79(106)91(18)61(40-49(4)5)72(99)82-58(44-56-34-35-57(66(46-56)111-21)71(98)86-112(22,109)110)76(103)89(16)63(42-51(8)9)75(102)85-70(54(13)95)81(108)92(19)64(43-52(10)11)78(105)90(17)62(41-50(6)7)73(100)83-59(77(104)94-37-28-25-29-38-94)47-68(97)87(14)36-30-33-67(96)88(15)60(39-48(2)3)74(101)84-69/h24,26-27,31-32,34-35,46,48-54,58-65,69-70,95H,23,25,28-30,33,36-45,47H2,1-22H3,(H,82,99)(H,83,100)(H,84,101)(H,85,102)(H,86,98)/t53-,54+,58-,59-,60-,61-,62-,63-,64-,65-,69-,70-/m0/s1. The van der Waals surface area contributed by atoms with Crippen molar-refractivity contribution in [3.63, 3.8) is 0 Å². The summed E-state index contributed by atoms with van der Waals surface area (Å²) in [7, 11) is 7.07. The number of carbonyl (C=O) groups is 13. The van der Waals surface area contributed by atoms with Crippen molar-refractivity contribution >= 4 is 86.8 Å². The summed E-state index contributed by atoms with van der Waals surface area (Å²) >= 11 is 0. The Balaban J connectivity index is 2.05. The van der Waals surface area contributed by atoms with Crippen molar-refractivity contribution in [1.82, 2.24) is 65.2 Å². The number of hydrogen-bond donors (Lipinski definition) is 6. The van der Waals surface area contributed by atoms with Gasteiger partial charge in [0.1, 0.15) is 66.2 Å². The number of aliphatic hydroxyl groups is 1. The van der Waals surface area contributed by atoms with Crippen LogP contribution in [0.1, 0.15) is 189 Å². The first kappa shape index (κ1) is 95.6. The number of rotatable bonds is 21. The summed E-state index contributed by atoms with van der Waals surface area (Å²) in [5.41, 5.74) is 0.677. The van der Waals surface area contributed by atoms with Gasteiger partial charge in [-0.3, -0.25) is 62.3 Å². The predicted octanol–water partition coefficient (Wildman–Crippen LogP) is 4.38. The number of nitrogens with one attached hydrogen (secondary N) is 5. The van der Waals surface area contributed by atoms with Crippen molar-refractivity contribution in [2.24, 2.45) is 35.5 Å². The van der Waals surface area contributed by atoms with Crippen LogP contribution >= 0.6 is 0 Å². The second kappa shape index (κ2) is 44.1. The Bertz CT molecular complexity index is 3680. The van der Waals surface area contributed by atoms with Crippen molar-refractivity contribution in [3.8, 4) is 5.75 Å². The quantitative estimate of drug-likeness (QED) is 0.101. The normalized spacial score (nSPS) is 24.3. The molecular weight excluding hydrogens is 1460 g/mol. The highest BCUT2D eigenvalue weighted by atomic mass is 32.2. The molecule has 112 heavy (non-hydrogen) atoms. The summed E-state index contributed by atoms with van der Waals surface area (Å²) in [6, 6.07) is -1.11. The molecular formula is C81H131N13O17S. The third-order valence-corrected chi connectivity index (χ3v) is 21.7. The monoisotopic (exact) mass is 1590 g/mol. The zero-order chi connectivity index (χ0) is 84.7. The molecule has 0 aromatic heterocycles. The average Bonchev–Trinajstić information content (AvgIpc) is 0.810. The van der Waals surface area contributed by atoms with E-state index in [0.29, 0.717) is 37.9 Å². The van der Waals surface area contributed by atoms with Gasteiger partial charge in [-0.15, -0.1) is 0 Å². The van der Waals surface area contributed by atoms with Crippen LogP contribution in [0.4, 0.5) is 0 Å². The molecule has 6 N–H and O–H groups in total. The first-order valence-electron chi connectivity index (χ1n) is 39.5. The summed E-state index contributed by atoms with van der Waals surface area (Å²) in [6.07, 6.45) is 0.949. The van der Waals surface area contributed by atoms with Crippen molar-refractivity contribution in [1.29, 1.82) is 0 Å². The number of hydrogen-bond acceptors (Lipinski definition) is 17. The Kier molecular flexibility index (Phi) is 37.6. The minimum Gasteiger partial charge on any atom is -0.496 e. The summed E-state index contributed by atoms with van der Waals surface area (Å²) in [4.78, 5) is 205. The van der Waals surface area contributed by atoms with Gasteiger partial charge in [0, 0.05) is 88.2 Å². The second-order valence-corrected chi connectivity index (χ2v) is 34.6. The summed E-state index contributed by atoms with van der Waals surface area (Å²) in [5, 5.41) is 23.0. The van der Waals surface area contributed by atoms with E-state index < -0.39 is 172 Å². The van der Waals surface area contributed by atoms with Crippen LogP contribution in [-0.2, 0) is 80.4 Å². The molecule has 4 rings (SSSR count). The molecule has 2 aromatic rings. The van der Waals surface area contributed by atoms with Gasteiger partial charge in [-0.25, -0.2) is 13.1 Å². The molecule has 13 amide bonds. The number of nitrogens with zero attached hydrogens (tertiary/aromatic N) is 8. The lowest BCUT2D eigenvalue weighted by molar-refractivity contribution is -0.152. The van der Waals surface area contributed by atoms with Crippen LogP contribution in [0.25, 0.3) is 0 Å². The Hall–Kier alpha value is -8.74. The molecule has 2 aliphatic rings. The van der Waals surface area contributed by atoms with E-state index >= 15 is 38.4 Å². The largest absolute Gasteiger partial charge is 0.496 e. The molecule has 2 aromatic carbocycles. The molecule has 12 atom stereocenters. The van der Waals surface area contributed by atoms with E-state index in [2.05, 4.69) is 21.3 Å². The van der Waals surface area contributed by atoms with Gasteiger partial charge >= 0.3 is 0 Å². The van der Waals surface area contributed by atoms with Gasteiger partial charge in [0.2, 0.25) is 80.9 Å². The second-order valence-electron chi connectivity index (χ2n) is 32.9. The number of benzene rings is 2. The van der Waals surface area contributed by atoms with E-state index in [1.165, 1.54) is 106 Å². The molecule has 31 heteroatoms. The van der Waals surface area contributed by atoms with Gasteiger partial charge in [0.15, 0.2) is 0 Å². The summed E-state index contributed by atoms with van der Waals surface area (Å²) in [6.45, 7) is 23.9. The minimum absolute atomic E-state index is 0.0146. The van der Waals surface area contributed by atoms with Crippen LogP contribution in [-0.4, -0.2) is 278 Å². The highest BCUT2D eigenvalue weighted by molar-refractivity contribution is 7.89. The van der Waals surface area contributed by atoms with E-state index in [4.69, 9.17) is 4.74 Å². The maximum Gasteiger partial charge on any atom is 0.268 e. The first-order chi connectivity index (χ1) is 52.3. The van der Waals surface area contributed by atoms with Crippen LogP contribution in [0.5, 0.6) is 5.75 Å². The van der Waals surface area contributed by atoms with Crippen LogP contribution in [0.3, 0.4) is 0 Å². The lowest BCUT2D eigenvalue weighted by Gasteiger charge is -2.39. The van der Waals surface area contributed by atoms with Crippen LogP contribution < -0.4 is 30.7 Å². The van der Waals surface area contributed by atoms with E-state index in [1.54, 1.807) is 56.0 Å². The number of likely N-dealkylation sites (N-methyl/N-ethyl adjacent to an activating group) is 6. The minimum atomic E-state index is -4.07. The summed E-state index contributed by atoms with van der Waals surface area (Å²) in [5.74, 6) is -11.6. The Morgan fingerprint density at radius 1 is 0.500 bits per heavy atom. The predicted molar refractivity (Wildman–Crippen MR) is 427 cm³/mol. The number of piperidine rings is 1. The molecule has 628 valence electrons. The molecule has 30 nitrogen and oxygen atoms in total. The molecule has 2 heterocycles. The fourth-order valence-corrected chi connectivity index (χ4v) is 14.6. The van der Waals surface area contributed by atoms with E-state index in [-0.39, 0.29) is 104 Å². The molecule has 2 saturated heterocycles. The van der Waals surface area contributed by atoms with E-state index in [1.807, 2.05) is 67.0 Å². The van der Waals surface area contributed by atoms with Gasteiger partial charge in [-0.2, -0.15) is 0 Å². The molecule has 0 aliphatic carbocycles. The number of methoxy groups -OCH3 is 1. The molecule has 0 saturated carbocycles. The van der Waals surface area contributed by atoms with E-state index in [0.717, 1.165) is 22.5 Å². The summed E-state index contributed by atoms with van der Waals surface area (Å²) < 4.78 is 32.0. The Labute approximate surface area is 664 Å². The van der Waals surface area contributed by atoms with Crippen molar-refractivity contribution < 1.29 is 80.6 Å². The molecule has 0 spiro atoms. The lowest BCUT2D eigenvalue weighted by atomic mass is 9.94. The first-order valence-corrected chi connectivity index (χ1v) is 41.4. The van der Waals surface area contributed by atoms with Crippen molar-refractivity contribution in [3.05, 3.63) is 65.2 Å². The zero-order valence-corrected chi connectivity index (χ0v) is 71.2. The Morgan fingerprint density at radius 2 is 0.938 bits per heavy atom. The highest BCUT2D eigenvalue weighted by Crippen LogP contribution is 2.27. The maximum absolute atomic E-state index is 15.8. The molecule has 2 aliphatic heterocycles. The fourth-order valence-electron chi connectivity index (χ4n) is 14.2. The van der Waals surface area contributed by atoms with Gasteiger partial charge in [0.25, 0.3) is 5.91 Å². The average molecular weight is 1590 g/mol. The van der Waals surface area contributed by atoms with Crippen molar-refractivity contribution in [2.75, 3.05) is 82.3 Å². The molecule has 0 unspecified atom stereocenters. The zero-order valence-electron chi connectivity index (χ0n) is 70.4. The van der Waals surface area contributed by atoms with Gasteiger partial charge in [0.05, 0.1) is 31.5 Å². The van der Waals surface area contributed by atoms with Crippen LogP contribution in [0, 0.1) is 35.5 Å². The smallest absolute Gasteiger partial charge is 0.268 e. The van der Waals surface area contributed by atoms with E-state index in [9.17, 15) is 37.5 Å². The maximum atomic E-state index is 15.8.